The molecule has 0 amide bonds. The molecule has 2 atom stereocenters. The maximum absolute atomic E-state index is 9.65. The van der Waals surface area contributed by atoms with Crippen molar-refractivity contribution in [3.05, 3.63) is 23.8 Å². The summed E-state index contributed by atoms with van der Waals surface area (Å²) in [4.78, 5) is 0. The number of hydrogen-bond donors (Lipinski definition) is 2. The van der Waals surface area contributed by atoms with Gasteiger partial charge in [0.25, 0.3) is 0 Å². The fourth-order valence-corrected chi connectivity index (χ4v) is 2.01. The van der Waals surface area contributed by atoms with E-state index >= 15 is 0 Å². The number of aliphatic hydroxyl groups excluding tert-OH is 1. The fraction of sp³-hybridized carbons (Fsp3) is 0.571. The lowest BCUT2D eigenvalue weighted by Gasteiger charge is -2.29. The lowest BCUT2D eigenvalue weighted by molar-refractivity contribution is -0.00535. The first-order valence-corrected chi connectivity index (χ1v) is 6.55. The van der Waals surface area contributed by atoms with Crippen LogP contribution in [0.1, 0.15) is 25.3 Å². The Kier molecular flexibility index (Phi) is 4.44. The van der Waals surface area contributed by atoms with Crippen molar-refractivity contribution < 1.29 is 14.6 Å². The van der Waals surface area contributed by atoms with Crippen LogP contribution in [0.25, 0.3) is 0 Å². The summed E-state index contributed by atoms with van der Waals surface area (Å²) in [6.45, 7) is 2.71. The van der Waals surface area contributed by atoms with Crippen molar-refractivity contribution in [3.8, 4) is 11.5 Å². The molecule has 0 aromatic heterocycles. The lowest BCUT2D eigenvalue weighted by Crippen LogP contribution is -2.43. The first-order chi connectivity index (χ1) is 8.74. The van der Waals surface area contributed by atoms with E-state index in [2.05, 4.69) is 13.0 Å². The minimum atomic E-state index is -0.682. The van der Waals surface area contributed by atoms with Crippen LogP contribution in [-0.4, -0.2) is 30.5 Å². The van der Waals surface area contributed by atoms with E-state index in [0.29, 0.717) is 12.4 Å². The highest BCUT2D eigenvalue weighted by Gasteiger charge is 2.26. The van der Waals surface area contributed by atoms with E-state index in [1.54, 1.807) is 0 Å². The van der Waals surface area contributed by atoms with Crippen molar-refractivity contribution in [2.24, 2.45) is 5.73 Å². The number of benzene rings is 1. The second-order valence-electron chi connectivity index (χ2n) is 4.65. The Bertz CT molecular complexity index is 395. The van der Waals surface area contributed by atoms with Gasteiger partial charge in [-0.3, -0.25) is 0 Å². The van der Waals surface area contributed by atoms with Gasteiger partial charge in [0.05, 0.1) is 0 Å². The molecule has 3 N–H and O–H groups in total. The van der Waals surface area contributed by atoms with Crippen molar-refractivity contribution in [2.45, 2.75) is 38.4 Å². The highest BCUT2D eigenvalue weighted by molar-refractivity contribution is 5.44. The molecule has 1 aliphatic rings. The van der Waals surface area contributed by atoms with E-state index in [0.717, 1.165) is 12.2 Å². The van der Waals surface area contributed by atoms with Crippen molar-refractivity contribution in [1.29, 1.82) is 0 Å². The average molecular weight is 251 g/mol. The zero-order chi connectivity index (χ0) is 13.0. The summed E-state index contributed by atoms with van der Waals surface area (Å²) in [5, 5.41) is 9.65. The van der Waals surface area contributed by atoms with E-state index in [9.17, 15) is 5.11 Å². The smallest absolute Gasteiger partial charge is 0.161 e. The number of unbranched alkanes of at least 4 members (excludes halogenated alkanes) is 1. The molecule has 0 aliphatic carbocycles. The largest absolute Gasteiger partial charge is 0.486 e. The monoisotopic (exact) mass is 251 g/mol. The topological polar surface area (TPSA) is 64.7 Å². The van der Waals surface area contributed by atoms with Gasteiger partial charge >= 0.3 is 0 Å². The van der Waals surface area contributed by atoms with Gasteiger partial charge in [0.1, 0.15) is 12.7 Å². The standard InChI is InChI=1S/C14H21NO3/c1-2-3-4-10-5-6-12-13(7-10)17-9-14(18-12)11(16)8-15/h5-7,11,14,16H,2-4,8-9,15H2,1H3. The minimum Gasteiger partial charge on any atom is -0.486 e. The Labute approximate surface area is 108 Å². The van der Waals surface area contributed by atoms with Gasteiger partial charge in [0.15, 0.2) is 17.6 Å². The summed E-state index contributed by atoms with van der Waals surface area (Å²) < 4.78 is 11.3. The van der Waals surface area contributed by atoms with Crippen LogP contribution in [0.3, 0.4) is 0 Å². The molecule has 0 spiro atoms. The average Bonchev–Trinajstić information content (AvgIpc) is 2.43. The van der Waals surface area contributed by atoms with E-state index in [4.69, 9.17) is 15.2 Å². The van der Waals surface area contributed by atoms with Gasteiger partial charge in [0, 0.05) is 6.54 Å². The summed E-state index contributed by atoms with van der Waals surface area (Å²) in [5.41, 5.74) is 6.68. The Morgan fingerprint density at radius 3 is 3.00 bits per heavy atom. The molecule has 2 rings (SSSR count). The van der Waals surface area contributed by atoms with Crippen molar-refractivity contribution in [2.75, 3.05) is 13.2 Å². The molecule has 2 unspecified atom stereocenters. The molecule has 1 aromatic rings. The molecular weight excluding hydrogens is 230 g/mol. The SMILES string of the molecule is CCCCc1ccc2c(c1)OCC(C(O)CN)O2. The molecule has 1 heterocycles. The lowest BCUT2D eigenvalue weighted by atomic mass is 10.1. The van der Waals surface area contributed by atoms with Crippen LogP contribution >= 0.6 is 0 Å². The number of fused-ring (bicyclic) bond motifs is 1. The number of ether oxygens (including phenoxy) is 2. The van der Waals surface area contributed by atoms with E-state index in [1.165, 1.54) is 18.4 Å². The number of aryl methyl sites for hydroxylation is 1. The summed E-state index contributed by atoms with van der Waals surface area (Å²) in [5.74, 6) is 1.46. The highest BCUT2D eigenvalue weighted by Crippen LogP contribution is 2.33. The number of hydrogen-bond acceptors (Lipinski definition) is 4. The maximum Gasteiger partial charge on any atom is 0.161 e. The van der Waals surface area contributed by atoms with Crippen LogP contribution in [0, 0.1) is 0 Å². The van der Waals surface area contributed by atoms with E-state index in [-0.39, 0.29) is 12.6 Å². The van der Waals surface area contributed by atoms with Crippen molar-refractivity contribution in [3.63, 3.8) is 0 Å². The first kappa shape index (κ1) is 13.2. The number of aliphatic hydroxyl groups is 1. The molecule has 0 saturated carbocycles. The molecular formula is C14H21NO3. The summed E-state index contributed by atoms with van der Waals surface area (Å²) in [6.07, 6.45) is 2.36. The predicted molar refractivity (Wildman–Crippen MR) is 70.0 cm³/mol. The third-order valence-electron chi connectivity index (χ3n) is 3.18. The van der Waals surface area contributed by atoms with Gasteiger partial charge in [0.2, 0.25) is 0 Å². The minimum absolute atomic E-state index is 0.179. The summed E-state index contributed by atoms with van der Waals surface area (Å²) in [6, 6.07) is 5.99. The van der Waals surface area contributed by atoms with Crippen molar-refractivity contribution in [1.82, 2.24) is 0 Å². The molecule has 18 heavy (non-hydrogen) atoms. The molecule has 0 radical (unpaired) electrons. The zero-order valence-electron chi connectivity index (χ0n) is 10.8. The van der Waals surface area contributed by atoms with Crippen LogP contribution in [0.15, 0.2) is 18.2 Å². The third-order valence-corrected chi connectivity index (χ3v) is 3.18. The van der Waals surface area contributed by atoms with Crippen LogP contribution < -0.4 is 15.2 Å². The molecule has 4 heteroatoms. The Balaban J connectivity index is 2.06. The normalized spacial score (nSPS) is 19.6. The first-order valence-electron chi connectivity index (χ1n) is 6.55. The summed E-state index contributed by atoms with van der Waals surface area (Å²) >= 11 is 0. The molecule has 4 nitrogen and oxygen atoms in total. The molecule has 1 aliphatic heterocycles. The predicted octanol–water partition coefficient (Wildman–Crippen LogP) is 1.49. The molecule has 1 aromatic carbocycles. The zero-order valence-corrected chi connectivity index (χ0v) is 10.8. The highest BCUT2D eigenvalue weighted by atomic mass is 16.6. The molecule has 0 bridgehead atoms. The summed E-state index contributed by atoms with van der Waals surface area (Å²) in [7, 11) is 0. The second-order valence-corrected chi connectivity index (χ2v) is 4.65. The van der Waals surface area contributed by atoms with Gasteiger partial charge in [-0.25, -0.2) is 0 Å². The Hall–Kier alpha value is -1.26. The maximum atomic E-state index is 9.65. The Morgan fingerprint density at radius 1 is 1.44 bits per heavy atom. The molecule has 0 fully saturated rings. The van der Waals surface area contributed by atoms with Gasteiger partial charge in [-0.1, -0.05) is 19.4 Å². The van der Waals surface area contributed by atoms with Gasteiger partial charge in [-0.15, -0.1) is 0 Å². The molecule has 0 saturated heterocycles. The van der Waals surface area contributed by atoms with Crippen LogP contribution in [0.4, 0.5) is 0 Å². The molecule has 100 valence electrons. The van der Waals surface area contributed by atoms with Crippen LogP contribution in [-0.2, 0) is 6.42 Å². The third kappa shape index (κ3) is 2.94. The van der Waals surface area contributed by atoms with Gasteiger partial charge in [-0.05, 0) is 30.5 Å². The Morgan fingerprint density at radius 2 is 2.28 bits per heavy atom. The van der Waals surface area contributed by atoms with Crippen LogP contribution in [0.5, 0.6) is 11.5 Å². The number of nitrogens with two attached hydrogens (primary N) is 1. The fourth-order valence-electron chi connectivity index (χ4n) is 2.01. The van der Waals surface area contributed by atoms with Gasteiger partial charge in [-0.2, -0.15) is 0 Å². The van der Waals surface area contributed by atoms with E-state index < -0.39 is 6.10 Å². The second kappa shape index (κ2) is 6.07. The van der Waals surface area contributed by atoms with Crippen LogP contribution in [0.2, 0.25) is 0 Å². The van der Waals surface area contributed by atoms with Crippen molar-refractivity contribution >= 4 is 0 Å². The number of rotatable bonds is 5. The van der Waals surface area contributed by atoms with E-state index in [1.807, 2.05) is 12.1 Å². The quantitative estimate of drug-likeness (QED) is 0.832. The van der Waals surface area contributed by atoms with Gasteiger partial charge < -0.3 is 20.3 Å².